The molecule has 1 unspecified atom stereocenters. The zero-order chi connectivity index (χ0) is 13.2. The molecule has 0 bridgehead atoms. The van der Waals surface area contributed by atoms with E-state index in [0.29, 0.717) is 25.6 Å². The molecular weight excluding hydrogens is 230 g/mol. The summed E-state index contributed by atoms with van der Waals surface area (Å²) in [6, 6.07) is 0. The van der Waals surface area contributed by atoms with Crippen LogP contribution < -0.4 is 5.73 Å². The molecule has 2 N–H and O–H groups in total. The number of rotatable bonds is 3. The van der Waals surface area contributed by atoms with E-state index in [1.807, 2.05) is 11.9 Å². The SMILES string of the molecule is CN1CCC(CN(C)C(=O)C2(N)CCOC2)CC1. The maximum atomic E-state index is 12.3. The van der Waals surface area contributed by atoms with Crippen molar-refractivity contribution in [3.05, 3.63) is 0 Å². The van der Waals surface area contributed by atoms with Crippen molar-refractivity contribution in [1.29, 1.82) is 0 Å². The summed E-state index contributed by atoms with van der Waals surface area (Å²) in [5.74, 6) is 0.653. The molecule has 0 aromatic rings. The Kier molecular flexibility index (Phi) is 4.25. The molecular formula is C13H25N3O2. The first-order valence-electron chi connectivity index (χ1n) is 6.82. The van der Waals surface area contributed by atoms with E-state index >= 15 is 0 Å². The average Bonchev–Trinajstić information content (AvgIpc) is 2.79. The number of carbonyl (C=O) groups excluding carboxylic acids is 1. The number of hydrogen-bond acceptors (Lipinski definition) is 4. The lowest BCUT2D eigenvalue weighted by atomic mass is 9.94. The van der Waals surface area contributed by atoms with Crippen molar-refractivity contribution in [2.75, 3.05) is 46.9 Å². The summed E-state index contributed by atoms with van der Waals surface area (Å²) in [7, 11) is 4.02. The van der Waals surface area contributed by atoms with E-state index in [1.54, 1.807) is 0 Å². The summed E-state index contributed by atoms with van der Waals surface area (Å²) in [5.41, 5.74) is 5.33. The van der Waals surface area contributed by atoms with E-state index < -0.39 is 5.54 Å². The zero-order valence-electron chi connectivity index (χ0n) is 11.5. The molecule has 18 heavy (non-hydrogen) atoms. The first-order chi connectivity index (χ1) is 8.51. The van der Waals surface area contributed by atoms with Crippen LogP contribution in [0.3, 0.4) is 0 Å². The zero-order valence-corrected chi connectivity index (χ0v) is 11.5. The summed E-state index contributed by atoms with van der Waals surface area (Å²) in [6.45, 7) is 4.05. The fourth-order valence-electron chi connectivity index (χ4n) is 2.84. The van der Waals surface area contributed by atoms with Gasteiger partial charge >= 0.3 is 0 Å². The summed E-state index contributed by atoms with van der Waals surface area (Å²) in [4.78, 5) is 16.5. The van der Waals surface area contributed by atoms with Gasteiger partial charge < -0.3 is 20.3 Å². The van der Waals surface area contributed by atoms with Gasteiger partial charge in [-0.1, -0.05) is 0 Å². The Morgan fingerprint density at radius 2 is 2.17 bits per heavy atom. The van der Waals surface area contributed by atoms with E-state index in [4.69, 9.17) is 10.5 Å². The molecule has 2 aliphatic heterocycles. The third kappa shape index (κ3) is 3.02. The molecule has 0 aliphatic carbocycles. The fourth-order valence-corrected chi connectivity index (χ4v) is 2.84. The number of nitrogens with zero attached hydrogens (tertiary/aromatic N) is 2. The van der Waals surface area contributed by atoms with E-state index in [2.05, 4.69) is 11.9 Å². The van der Waals surface area contributed by atoms with Gasteiger partial charge in [0.25, 0.3) is 0 Å². The summed E-state index contributed by atoms with van der Waals surface area (Å²) >= 11 is 0. The van der Waals surface area contributed by atoms with E-state index in [1.165, 1.54) is 12.8 Å². The molecule has 104 valence electrons. The topological polar surface area (TPSA) is 58.8 Å². The molecule has 2 rings (SSSR count). The van der Waals surface area contributed by atoms with Crippen LogP contribution in [-0.2, 0) is 9.53 Å². The van der Waals surface area contributed by atoms with Crippen LogP contribution in [0.4, 0.5) is 0 Å². The average molecular weight is 255 g/mol. The smallest absolute Gasteiger partial charge is 0.244 e. The molecule has 1 amide bonds. The number of piperidine rings is 1. The fraction of sp³-hybridized carbons (Fsp3) is 0.923. The second-order valence-electron chi connectivity index (χ2n) is 5.89. The standard InChI is InChI=1S/C13H25N3O2/c1-15-6-3-11(4-7-15)9-16(2)12(17)13(14)5-8-18-10-13/h11H,3-10,14H2,1-2H3. The predicted molar refractivity (Wildman–Crippen MR) is 70.2 cm³/mol. The van der Waals surface area contributed by atoms with Gasteiger partial charge in [0.15, 0.2) is 0 Å². The van der Waals surface area contributed by atoms with E-state index in [-0.39, 0.29) is 5.91 Å². The lowest BCUT2D eigenvalue weighted by molar-refractivity contribution is -0.136. The highest BCUT2D eigenvalue weighted by Gasteiger charge is 2.40. The molecule has 5 heteroatoms. The normalized spacial score (nSPS) is 30.6. The minimum absolute atomic E-state index is 0.0407. The van der Waals surface area contributed by atoms with Crippen LogP contribution in [0.25, 0.3) is 0 Å². The minimum Gasteiger partial charge on any atom is -0.379 e. The van der Waals surface area contributed by atoms with Crippen molar-refractivity contribution in [2.24, 2.45) is 11.7 Å². The molecule has 2 aliphatic rings. The third-order valence-electron chi connectivity index (χ3n) is 4.19. The van der Waals surface area contributed by atoms with Crippen molar-refractivity contribution >= 4 is 5.91 Å². The Morgan fingerprint density at radius 3 is 2.72 bits per heavy atom. The molecule has 1 atom stereocenters. The first kappa shape index (κ1) is 13.8. The largest absolute Gasteiger partial charge is 0.379 e. The van der Waals surface area contributed by atoms with Crippen LogP contribution in [0.1, 0.15) is 19.3 Å². The van der Waals surface area contributed by atoms with Crippen LogP contribution >= 0.6 is 0 Å². The number of ether oxygens (including phenoxy) is 1. The molecule has 5 nitrogen and oxygen atoms in total. The van der Waals surface area contributed by atoms with Crippen molar-refractivity contribution in [2.45, 2.75) is 24.8 Å². The number of carbonyl (C=O) groups is 1. The summed E-state index contributed by atoms with van der Waals surface area (Å²) in [6.07, 6.45) is 2.98. The Morgan fingerprint density at radius 1 is 1.50 bits per heavy atom. The van der Waals surface area contributed by atoms with Crippen LogP contribution in [0.5, 0.6) is 0 Å². The van der Waals surface area contributed by atoms with Gasteiger partial charge in [-0.3, -0.25) is 4.79 Å². The Labute approximate surface area is 109 Å². The Balaban J connectivity index is 1.84. The second-order valence-corrected chi connectivity index (χ2v) is 5.89. The van der Waals surface area contributed by atoms with Crippen molar-refractivity contribution in [3.63, 3.8) is 0 Å². The Hall–Kier alpha value is -0.650. The lowest BCUT2D eigenvalue weighted by Crippen LogP contribution is -2.55. The van der Waals surface area contributed by atoms with Crippen molar-refractivity contribution < 1.29 is 9.53 Å². The highest BCUT2D eigenvalue weighted by Crippen LogP contribution is 2.21. The van der Waals surface area contributed by atoms with Gasteiger partial charge in [-0.2, -0.15) is 0 Å². The van der Waals surface area contributed by atoms with E-state index in [0.717, 1.165) is 19.6 Å². The molecule has 2 heterocycles. The van der Waals surface area contributed by atoms with Crippen molar-refractivity contribution in [3.8, 4) is 0 Å². The quantitative estimate of drug-likeness (QED) is 0.765. The molecule has 0 spiro atoms. The number of amides is 1. The maximum absolute atomic E-state index is 12.3. The number of likely N-dealkylation sites (N-methyl/N-ethyl adjacent to an activating group) is 1. The summed E-state index contributed by atoms with van der Waals surface area (Å²) in [5, 5.41) is 0. The molecule has 0 saturated carbocycles. The van der Waals surface area contributed by atoms with Crippen LogP contribution in [-0.4, -0.2) is 68.2 Å². The predicted octanol–water partition coefficient (Wildman–Crippen LogP) is -0.0956. The second kappa shape index (κ2) is 5.55. The molecule has 0 aromatic heterocycles. The van der Waals surface area contributed by atoms with Gasteiger partial charge in [0.05, 0.1) is 6.61 Å². The number of hydrogen-bond donors (Lipinski definition) is 1. The number of likely N-dealkylation sites (tertiary alicyclic amines) is 1. The minimum atomic E-state index is -0.778. The third-order valence-corrected chi connectivity index (χ3v) is 4.19. The van der Waals surface area contributed by atoms with Gasteiger partial charge in [0.1, 0.15) is 5.54 Å². The van der Waals surface area contributed by atoms with Crippen LogP contribution in [0, 0.1) is 5.92 Å². The highest BCUT2D eigenvalue weighted by molar-refractivity contribution is 5.86. The van der Waals surface area contributed by atoms with Gasteiger partial charge in [-0.25, -0.2) is 0 Å². The van der Waals surface area contributed by atoms with Crippen LogP contribution in [0.15, 0.2) is 0 Å². The molecule has 0 radical (unpaired) electrons. The maximum Gasteiger partial charge on any atom is 0.244 e. The molecule has 0 aromatic carbocycles. The monoisotopic (exact) mass is 255 g/mol. The van der Waals surface area contributed by atoms with Crippen molar-refractivity contribution in [1.82, 2.24) is 9.80 Å². The highest BCUT2D eigenvalue weighted by atomic mass is 16.5. The van der Waals surface area contributed by atoms with Gasteiger partial charge in [0, 0.05) is 20.2 Å². The molecule has 2 fully saturated rings. The van der Waals surface area contributed by atoms with Gasteiger partial charge in [-0.15, -0.1) is 0 Å². The number of nitrogens with two attached hydrogens (primary N) is 1. The van der Waals surface area contributed by atoms with E-state index in [9.17, 15) is 4.79 Å². The van der Waals surface area contributed by atoms with Gasteiger partial charge in [-0.05, 0) is 45.3 Å². The Bertz CT molecular complexity index is 295. The van der Waals surface area contributed by atoms with Gasteiger partial charge in [0.2, 0.25) is 5.91 Å². The first-order valence-corrected chi connectivity index (χ1v) is 6.82. The molecule has 2 saturated heterocycles. The summed E-state index contributed by atoms with van der Waals surface area (Å²) < 4.78 is 5.26. The van der Waals surface area contributed by atoms with Crippen LogP contribution in [0.2, 0.25) is 0 Å². The lowest BCUT2D eigenvalue weighted by Gasteiger charge is -2.34.